The van der Waals surface area contributed by atoms with Crippen molar-refractivity contribution in [1.29, 1.82) is 0 Å². The number of hydrogen-bond donors (Lipinski definition) is 1. The minimum absolute atomic E-state index is 0.0896. The van der Waals surface area contributed by atoms with Crippen molar-refractivity contribution in [3.8, 4) is 0 Å². The second kappa shape index (κ2) is 4.53. The van der Waals surface area contributed by atoms with Gasteiger partial charge in [0.05, 0.1) is 5.92 Å². The van der Waals surface area contributed by atoms with Gasteiger partial charge in [0.15, 0.2) is 0 Å². The van der Waals surface area contributed by atoms with Crippen molar-refractivity contribution in [1.82, 2.24) is 0 Å². The molecule has 1 aliphatic rings. The summed E-state index contributed by atoms with van der Waals surface area (Å²) >= 11 is 0.487. The summed E-state index contributed by atoms with van der Waals surface area (Å²) in [5.74, 6) is -3.79. The van der Waals surface area contributed by atoms with Gasteiger partial charge in [-0.05, 0) is 23.1 Å². The number of rotatable bonds is 4. The summed E-state index contributed by atoms with van der Waals surface area (Å²) in [6.07, 6.45) is 0. The molecule has 2 rings (SSSR count). The third-order valence-electron chi connectivity index (χ3n) is 3.54. The number of carboxylic acids is 1. The van der Waals surface area contributed by atoms with Crippen LogP contribution in [0.1, 0.15) is 25.3 Å². The Morgan fingerprint density at radius 3 is 2.61 bits per heavy atom. The fourth-order valence-corrected chi connectivity index (χ4v) is 3.17. The van der Waals surface area contributed by atoms with Crippen molar-refractivity contribution < 1.29 is 18.7 Å². The Balaban J connectivity index is 2.23. The highest BCUT2D eigenvalue weighted by molar-refractivity contribution is 7.99. The van der Waals surface area contributed by atoms with Gasteiger partial charge in [-0.2, -0.15) is 8.78 Å². The molecule has 0 heterocycles. The van der Waals surface area contributed by atoms with Crippen LogP contribution < -0.4 is 0 Å². The summed E-state index contributed by atoms with van der Waals surface area (Å²) in [7, 11) is 0. The zero-order chi connectivity index (χ0) is 13.5. The first-order valence-corrected chi connectivity index (χ1v) is 6.49. The number of alkyl halides is 2. The van der Waals surface area contributed by atoms with Crippen LogP contribution in [-0.2, 0) is 4.79 Å². The fraction of sp³-hybridized carbons (Fsp3) is 0.462. The predicted molar refractivity (Wildman–Crippen MR) is 66.0 cm³/mol. The Hall–Kier alpha value is -1.10. The molecule has 0 aromatic heterocycles. The molecule has 0 amide bonds. The van der Waals surface area contributed by atoms with Gasteiger partial charge in [0.1, 0.15) is 0 Å². The van der Waals surface area contributed by atoms with E-state index < -0.39 is 17.6 Å². The monoisotopic (exact) mass is 272 g/mol. The van der Waals surface area contributed by atoms with Gasteiger partial charge < -0.3 is 5.11 Å². The molecule has 98 valence electrons. The summed E-state index contributed by atoms with van der Waals surface area (Å²) in [5, 5.41) is 9.11. The molecule has 1 aromatic carbocycles. The Bertz CT molecular complexity index is 474. The largest absolute Gasteiger partial charge is 0.481 e. The highest BCUT2D eigenvalue weighted by Gasteiger charge is 2.62. The quantitative estimate of drug-likeness (QED) is 0.846. The molecule has 0 radical (unpaired) electrons. The lowest BCUT2D eigenvalue weighted by molar-refractivity contribution is -0.139. The van der Waals surface area contributed by atoms with Gasteiger partial charge in [-0.25, -0.2) is 0 Å². The lowest BCUT2D eigenvalue weighted by Gasteiger charge is -2.05. The summed E-state index contributed by atoms with van der Waals surface area (Å²) in [4.78, 5) is 11.6. The summed E-state index contributed by atoms with van der Waals surface area (Å²) in [6, 6.07) is 6.80. The first-order chi connectivity index (χ1) is 8.34. The number of carboxylic acid groups (broad SMARTS) is 1. The van der Waals surface area contributed by atoms with Gasteiger partial charge in [0.25, 0.3) is 5.76 Å². The van der Waals surface area contributed by atoms with Crippen molar-refractivity contribution >= 4 is 17.7 Å². The van der Waals surface area contributed by atoms with Gasteiger partial charge >= 0.3 is 5.97 Å². The van der Waals surface area contributed by atoms with E-state index in [-0.39, 0.29) is 11.3 Å². The SMILES string of the molecule is CC1(C)C(C(=O)O)C1c1cccc(SC(F)F)c1. The Morgan fingerprint density at radius 1 is 1.44 bits per heavy atom. The number of thioether (sulfide) groups is 1. The zero-order valence-electron chi connectivity index (χ0n) is 10.1. The predicted octanol–water partition coefficient (Wildman–Crippen LogP) is 3.83. The Morgan fingerprint density at radius 2 is 2.11 bits per heavy atom. The van der Waals surface area contributed by atoms with E-state index in [0.717, 1.165) is 5.56 Å². The average molecular weight is 272 g/mol. The first-order valence-electron chi connectivity index (χ1n) is 5.61. The first kappa shape index (κ1) is 13.3. The van der Waals surface area contributed by atoms with E-state index in [2.05, 4.69) is 0 Å². The molecule has 0 aliphatic heterocycles. The normalized spacial score (nSPS) is 25.2. The number of halogens is 2. The van der Waals surface area contributed by atoms with Crippen LogP contribution in [0.2, 0.25) is 0 Å². The molecule has 1 aliphatic carbocycles. The van der Waals surface area contributed by atoms with Gasteiger partial charge in [-0.3, -0.25) is 4.79 Å². The molecule has 0 spiro atoms. The number of carbonyl (C=O) groups is 1. The van der Waals surface area contributed by atoms with Gasteiger partial charge in [-0.15, -0.1) is 0 Å². The molecule has 0 saturated heterocycles. The second-order valence-electron chi connectivity index (χ2n) is 5.07. The molecule has 1 N–H and O–H groups in total. The molecular weight excluding hydrogens is 258 g/mol. The van der Waals surface area contributed by atoms with Crippen LogP contribution in [0.5, 0.6) is 0 Å². The summed E-state index contributed by atoms with van der Waals surface area (Å²) in [5.41, 5.74) is 0.526. The molecule has 2 atom stereocenters. The summed E-state index contributed by atoms with van der Waals surface area (Å²) in [6.45, 7) is 3.78. The molecule has 5 heteroatoms. The van der Waals surface area contributed by atoms with E-state index in [1.807, 2.05) is 19.9 Å². The molecule has 0 bridgehead atoms. The van der Waals surface area contributed by atoms with Crippen LogP contribution in [-0.4, -0.2) is 16.8 Å². The van der Waals surface area contributed by atoms with Crippen LogP contribution in [0.4, 0.5) is 8.78 Å². The number of benzene rings is 1. The van der Waals surface area contributed by atoms with Crippen molar-refractivity contribution in [2.45, 2.75) is 30.4 Å². The van der Waals surface area contributed by atoms with E-state index in [1.165, 1.54) is 0 Å². The Labute approximate surface area is 108 Å². The van der Waals surface area contributed by atoms with Crippen LogP contribution in [0.3, 0.4) is 0 Å². The van der Waals surface area contributed by atoms with Crippen LogP contribution in [0, 0.1) is 11.3 Å². The van der Waals surface area contributed by atoms with Crippen molar-refractivity contribution in [2.24, 2.45) is 11.3 Å². The standard InChI is InChI=1S/C13H14F2O2S/c1-13(2)9(10(13)11(16)17)7-4-3-5-8(6-7)18-12(14)15/h3-6,9-10,12H,1-2H3,(H,16,17). The van der Waals surface area contributed by atoms with Gasteiger partial charge in [0, 0.05) is 10.8 Å². The smallest absolute Gasteiger partial charge is 0.307 e. The van der Waals surface area contributed by atoms with E-state index in [4.69, 9.17) is 5.11 Å². The van der Waals surface area contributed by atoms with Crippen LogP contribution in [0.25, 0.3) is 0 Å². The maximum atomic E-state index is 12.3. The van der Waals surface area contributed by atoms with Crippen molar-refractivity contribution in [3.05, 3.63) is 29.8 Å². The molecular formula is C13H14F2O2S. The average Bonchev–Trinajstić information content (AvgIpc) is 2.81. The molecule has 1 saturated carbocycles. The van der Waals surface area contributed by atoms with E-state index in [0.29, 0.717) is 16.7 Å². The highest BCUT2D eigenvalue weighted by Crippen LogP contribution is 2.64. The summed E-state index contributed by atoms with van der Waals surface area (Å²) < 4.78 is 24.6. The third kappa shape index (κ3) is 2.36. The zero-order valence-corrected chi connectivity index (χ0v) is 10.9. The number of aliphatic carboxylic acids is 1. The third-order valence-corrected chi connectivity index (χ3v) is 4.24. The fourth-order valence-electron chi connectivity index (χ4n) is 2.60. The van der Waals surface area contributed by atoms with Gasteiger partial charge in [-0.1, -0.05) is 37.7 Å². The minimum Gasteiger partial charge on any atom is -0.481 e. The molecule has 2 nitrogen and oxygen atoms in total. The molecule has 1 fully saturated rings. The second-order valence-corrected chi connectivity index (χ2v) is 6.13. The maximum absolute atomic E-state index is 12.3. The van der Waals surface area contributed by atoms with E-state index in [9.17, 15) is 13.6 Å². The maximum Gasteiger partial charge on any atom is 0.307 e. The van der Waals surface area contributed by atoms with Gasteiger partial charge in [0.2, 0.25) is 0 Å². The van der Waals surface area contributed by atoms with E-state index >= 15 is 0 Å². The van der Waals surface area contributed by atoms with Crippen molar-refractivity contribution in [3.63, 3.8) is 0 Å². The van der Waals surface area contributed by atoms with Crippen molar-refractivity contribution in [2.75, 3.05) is 0 Å². The molecule has 1 aromatic rings. The van der Waals surface area contributed by atoms with Crippen LogP contribution >= 0.6 is 11.8 Å². The van der Waals surface area contributed by atoms with E-state index in [1.54, 1.807) is 18.2 Å². The minimum atomic E-state index is -2.46. The van der Waals surface area contributed by atoms with Crippen LogP contribution in [0.15, 0.2) is 29.2 Å². The number of hydrogen-bond acceptors (Lipinski definition) is 2. The highest BCUT2D eigenvalue weighted by atomic mass is 32.2. The molecule has 18 heavy (non-hydrogen) atoms. The topological polar surface area (TPSA) is 37.3 Å². The lowest BCUT2D eigenvalue weighted by atomic mass is 10.0. The Kier molecular flexibility index (Phi) is 3.36. The lowest BCUT2D eigenvalue weighted by Crippen LogP contribution is -2.03. The molecule has 2 unspecified atom stereocenters.